The summed E-state index contributed by atoms with van der Waals surface area (Å²) in [7, 11) is 0. The van der Waals surface area contributed by atoms with Crippen molar-refractivity contribution in [2.75, 3.05) is 38.4 Å². The Bertz CT molecular complexity index is 1060. The monoisotopic (exact) mass is 602 g/mol. The van der Waals surface area contributed by atoms with Gasteiger partial charge in [0.25, 0.3) is 0 Å². The highest BCUT2D eigenvalue weighted by Gasteiger charge is 2.37. The number of hydrogen-bond donors (Lipinski definition) is 2. The lowest BCUT2D eigenvalue weighted by Gasteiger charge is -2.31. The molecule has 0 radical (unpaired) electrons. The second-order valence-electron chi connectivity index (χ2n) is 9.71. The first-order valence-electron chi connectivity index (χ1n) is 13.9. The fourth-order valence-electron chi connectivity index (χ4n) is 3.55. The van der Waals surface area contributed by atoms with Crippen LogP contribution in [-0.4, -0.2) is 63.1 Å². The number of esters is 3. The van der Waals surface area contributed by atoms with Gasteiger partial charge in [-0.1, -0.05) is 65.0 Å². The summed E-state index contributed by atoms with van der Waals surface area (Å²) in [6.45, 7) is 12.8. The summed E-state index contributed by atoms with van der Waals surface area (Å²) in [5.41, 5.74) is -0.415. The minimum absolute atomic E-state index is 0.163. The fourth-order valence-corrected chi connectivity index (χ4v) is 3.55. The standard InChI is InChI=1S/C31H42N2O10/c1-6-11-13-23(7-2)18-39-29(37)32-17-24-14-12-15-25(16-24)33-30(38)43-22-31(19-40-26(34)8-3,20-41-27(35)9-4)21-42-28(36)10-5/h8-10,12,14-16,23H,3-7,11,13,17-22H2,1-2H3,(H,32,37)(H,33,38). The minimum Gasteiger partial charge on any atom is -0.462 e. The summed E-state index contributed by atoms with van der Waals surface area (Å²) in [4.78, 5) is 60.0. The van der Waals surface area contributed by atoms with Crippen LogP contribution in [0.25, 0.3) is 0 Å². The van der Waals surface area contributed by atoms with Crippen LogP contribution in [-0.2, 0) is 44.6 Å². The van der Waals surface area contributed by atoms with Crippen LogP contribution in [0.15, 0.2) is 62.2 Å². The molecule has 43 heavy (non-hydrogen) atoms. The van der Waals surface area contributed by atoms with E-state index >= 15 is 0 Å². The van der Waals surface area contributed by atoms with Gasteiger partial charge in [0.05, 0.1) is 6.61 Å². The molecule has 0 fully saturated rings. The highest BCUT2D eigenvalue weighted by Crippen LogP contribution is 2.22. The Hall–Kier alpha value is -4.61. The summed E-state index contributed by atoms with van der Waals surface area (Å²) in [5, 5.41) is 5.25. The maximum Gasteiger partial charge on any atom is 0.411 e. The van der Waals surface area contributed by atoms with Crippen LogP contribution in [0.2, 0.25) is 0 Å². The smallest absolute Gasteiger partial charge is 0.411 e. The number of unbranched alkanes of at least 4 members (excludes halogenated alkanes) is 1. The van der Waals surface area contributed by atoms with Gasteiger partial charge in [-0.3, -0.25) is 5.32 Å². The molecule has 1 unspecified atom stereocenters. The van der Waals surface area contributed by atoms with Crippen molar-refractivity contribution in [3.63, 3.8) is 0 Å². The lowest BCUT2D eigenvalue weighted by Crippen LogP contribution is -2.44. The highest BCUT2D eigenvalue weighted by molar-refractivity contribution is 5.85. The molecule has 0 saturated heterocycles. The first-order chi connectivity index (χ1) is 20.6. The third-order valence-electron chi connectivity index (χ3n) is 6.17. The Kier molecular flexibility index (Phi) is 17.2. The van der Waals surface area contributed by atoms with Crippen molar-refractivity contribution in [1.29, 1.82) is 0 Å². The molecule has 0 heterocycles. The third-order valence-corrected chi connectivity index (χ3v) is 6.17. The first-order valence-corrected chi connectivity index (χ1v) is 13.9. The normalized spacial score (nSPS) is 11.2. The van der Waals surface area contributed by atoms with Crippen molar-refractivity contribution < 1.29 is 47.7 Å². The topological polar surface area (TPSA) is 156 Å². The highest BCUT2D eigenvalue weighted by atomic mass is 16.6. The zero-order chi connectivity index (χ0) is 32.1. The zero-order valence-corrected chi connectivity index (χ0v) is 24.9. The van der Waals surface area contributed by atoms with Crippen molar-refractivity contribution in [1.82, 2.24) is 5.32 Å². The SMILES string of the molecule is C=CC(=O)OCC(COC(=O)C=C)(COC(=O)C=C)COC(=O)Nc1cccc(CNC(=O)OCC(CC)CCCC)c1. The lowest BCUT2D eigenvalue weighted by molar-refractivity contribution is -0.158. The Balaban J connectivity index is 2.84. The van der Waals surface area contributed by atoms with Gasteiger partial charge in [-0.15, -0.1) is 0 Å². The molecule has 1 atom stereocenters. The summed E-state index contributed by atoms with van der Waals surface area (Å²) in [5.74, 6) is -2.07. The van der Waals surface area contributed by atoms with Gasteiger partial charge in [-0.05, 0) is 30.0 Å². The van der Waals surface area contributed by atoms with Gasteiger partial charge < -0.3 is 29.0 Å². The van der Waals surface area contributed by atoms with Crippen LogP contribution in [0.3, 0.4) is 0 Å². The van der Waals surface area contributed by atoms with Gasteiger partial charge in [-0.25, -0.2) is 24.0 Å². The van der Waals surface area contributed by atoms with Crippen LogP contribution >= 0.6 is 0 Å². The Labute approximate surface area is 252 Å². The number of alkyl carbamates (subject to hydrolysis) is 1. The Morgan fingerprint density at radius 3 is 1.88 bits per heavy atom. The quantitative estimate of drug-likeness (QED) is 0.120. The van der Waals surface area contributed by atoms with E-state index in [2.05, 4.69) is 44.2 Å². The van der Waals surface area contributed by atoms with E-state index in [1.165, 1.54) is 0 Å². The largest absolute Gasteiger partial charge is 0.462 e. The number of carbonyl (C=O) groups is 5. The Morgan fingerprint density at radius 1 is 0.814 bits per heavy atom. The van der Waals surface area contributed by atoms with Crippen molar-refractivity contribution >= 4 is 35.8 Å². The molecule has 1 aromatic carbocycles. The lowest BCUT2D eigenvalue weighted by atomic mass is 9.92. The molecule has 0 spiro atoms. The molecule has 0 saturated carbocycles. The molecule has 12 heteroatoms. The molecule has 0 aliphatic rings. The number of anilines is 1. The summed E-state index contributed by atoms with van der Waals surface area (Å²) < 4.78 is 26.0. The minimum atomic E-state index is -1.47. The molecule has 0 aliphatic heterocycles. The second kappa shape index (κ2) is 20.3. The summed E-state index contributed by atoms with van der Waals surface area (Å²) in [6, 6.07) is 6.68. The van der Waals surface area contributed by atoms with Crippen molar-refractivity contribution in [3.05, 3.63) is 67.8 Å². The van der Waals surface area contributed by atoms with Crippen LogP contribution < -0.4 is 10.6 Å². The molecule has 2 amide bonds. The van der Waals surface area contributed by atoms with Crippen molar-refractivity contribution in [2.45, 2.75) is 46.1 Å². The van der Waals surface area contributed by atoms with E-state index in [-0.39, 0.29) is 6.54 Å². The van der Waals surface area contributed by atoms with E-state index in [1.807, 2.05) is 0 Å². The van der Waals surface area contributed by atoms with Crippen LogP contribution in [0.5, 0.6) is 0 Å². The molecule has 1 aromatic rings. The van der Waals surface area contributed by atoms with E-state index in [0.29, 0.717) is 23.8 Å². The molecule has 0 aromatic heterocycles. The predicted molar refractivity (Wildman–Crippen MR) is 159 cm³/mol. The molecule has 2 N–H and O–H groups in total. The second-order valence-corrected chi connectivity index (χ2v) is 9.71. The van der Waals surface area contributed by atoms with Crippen LogP contribution in [0, 0.1) is 11.3 Å². The van der Waals surface area contributed by atoms with Gasteiger partial charge in [0.1, 0.15) is 31.8 Å². The van der Waals surface area contributed by atoms with E-state index in [9.17, 15) is 24.0 Å². The van der Waals surface area contributed by atoms with E-state index in [0.717, 1.165) is 43.9 Å². The number of ether oxygens (including phenoxy) is 5. The molecular formula is C31H42N2O10. The third kappa shape index (κ3) is 15.3. The molecule has 12 nitrogen and oxygen atoms in total. The number of benzene rings is 1. The maximum atomic E-state index is 12.7. The van der Waals surface area contributed by atoms with E-state index in [1.54, 1.807) is 24.3 Å². The fraction of sp³-hybridized carbons (Fsp3) is 0.452. The van der Waals surface area contributed by atoms with Gasteiger partial charge in [0.15, 0.2) is 0 Å². The Morgan fingerprint density at radius 2 is 1.37 bits per heavy atom. The zero-order valence-electron chi connectivity index (χ0n) is 24.9. The molecule has 0 bridgehead atoms. The van der Waals surface area contributed by atoms with Gasteiger partial charge in [-0.2, -0.15) is 0 Å². The van der Waals surface area contributed by atoms with Crippen LogP contribution in [0.4, 0.5) is 15.3 Å². The molecule has 236 valence electrons. The molecule has 1 rings (SSSR count). The van der Waals surface area contributed by atoms with E-state index in [4.69, 9.17) is 23.7 Å². The van der Waals surface area contributed by atoms with Crippen LogP contribution in [0.1, 0.15) is 45.1 Å². The van der Waals surface area contributed by atoms with E-state index < -0.39 is 61.9 Å². The van der Waals surface area contributed by atoms with Gasteiger partial charge in [0.2, 0.25) is 0 Å². The number of amides is 2. The number of carbonyl (C=O) groups excluding carboxylic acids is 5. The predicted octanol–water partition coefficient (Wildman–Crippen LogP) is 4.85. The maximum absolute atomic E-state index is 12.7. The average molecular weight is 603 g/mol. The first kappa shape index (κ1) is 36.4. The summed E-state index contributed by atoms with van der Waals surface area (Å²) >= 11 is 0. The molecular weight excluding hydrogens is 560 g/mol. The summed E-state index contributed by atoms with van der Waals surface area (Å²) in [6.07, 6.45) is 5.43. The van der Waals surface area contributed by atoms with Crippen molar-refractivity contribution in [2.24, 2.45) is 11.3 Å². The van der Waals surface area contributed by atoms with Crippen molar-refractivity contribution in [3.8, 4) is 0 Å². The molecule has 0 aliphatic carbocycles. The number of hydrogen-bond acceptors (Lipinski definition) is 10. The number of rotatable bonds is 20. The average Bonchev–Trinajstić information content (AvgIpc) is 3.02. The van der Waals surface area contributed by atoms with Gasteiger partial charge >= 0.3 is 30.1 Å². The number of nitrogens with one attached hydrogen (secondary N) is 2. The van der Waals surface area contributed by atoms with Gasteiger partial charge in [0, 0.05) is 30.5 Å².